The molecule has 1 aromatic heterocycles. The van der Waals surface area contributed by atoms with Gasteiger partial charge >= 0.3 is 6.18 Å². The van der Waals surface area contributed by atoms with Crippen LogP contribution >= 0.6 is 34.5 Å². The molecule has 1 N–H and O–H groups in total. The molecule has 0 saturated carbocycles. The lowest BCUT2D eigenvalue weighted by molar-refractivity contribution is -0.137. The van der Waals surface area contributed by atoms with Crippen LogP contribution in [0.5, 0.6) is 0 Å². The lowest BCUT2D eigenvalue weighted by atomic mass is 10.1. The van der Waals surface area contributed by atoms with E-state index in [0.29, 0.717) is 20.3 Å². The lowest BCUT2D eigenvalue weighted by Gasteiger charge is -2.17. The number of benzene rings is 1. The molecule has 0 spiro atoms. The number of anilines is 1. The summed E-state index contributed by atoms with van der Waals surface area (Å²) in [6.07, 6.45) is -4.53. The third kappa shape index (κ3) is 3.81. The molecule has 1 unspecified atom stereocenters. The zero-order valence-corrected chi connectivity index (χ0v) is 12.9. The quantitative estimate of drug-likeness (QED) is 0.627. The average Bonchev–Trinajstić information content (AvgIpc) is 2.70. The summed E-state index contributed by atoms with van der Waals surface area (Å²) in [5, 5.41) is 2.68. The minimum atomic E-state index is -4.53. The zero-order valence-electron chi connectivity index (χ0n) is 10.6. The zero-order chi connectivity index (χ0) is 15.8. The molecule has 1 aromatic carbocycles. The van der Waals surface area contributed by atoms with Gasteiger partial charge in [0.15, 0.2) is 0 Å². The van der Waals surface area contributed by atoms with Crippen molar-refractivity contribution in [2.75, 3.05) is 5.32 Å². The normalized spacial score (nSPS) is 13.3. The minimum absolute atomic E-state index is 0.240. The van der Waals surface area contributed by atoms with E-state index in [-0.39, 0.29) is 5.69 Å². The van der Waals surface area contributed by atoms with Crippen molar-refractivity contribution in [3.05, 3.63) is 49.9 Å². The van der Waals surface area contributed by atoms with Crippen LogP contribution in [0.25, 0.3) is 0 Å². The van der Waals surface area contributed by atoms with Gasteiger partial charge in [0, 0.05) is 5.56 Å². The molecule has 114 valence electrons. The Morgan fingerprint density at radius 2 is 1.86 bits per heavy atom. The summed E-state index contributed by atoms with van der Waals surface area (Å²) in [6, 6.07) is 3.31. The third-order valence-corrected chi connectivity index (χ3v) is 4.33. The van der Waals surface area contributed by atoms with Crippen molar-refractivity contribution >= 4 is 40.2 Å². The van der Waals surface area contributed by atoms with Crippen LogP contribution in [-0.2, 0) is 6.18 Å². The van der Waals surface area contributed by atoms with Crippen molar-refractivity contribution in [1.29, 1.82) is 0 Å². The molecule has 1 heterocycles. The molecule has 0 radical (unpaired) electrons. The molecule has 0 bridgehead atoms. The number of nitrogens with one attached hydrogen (secondary N) is 1. The van der Waals surface area contributed by atoms with Gasteiger partial charge in [-0.05, 0) is 31.2 Å². The van der Waals surface area contributed by atoms with Crippen molar-refractivity contribution in [1.82, 2.24) is 0 Å². The molecule has 1 atom stereocenters. The minimum Gasteiger partial charge on any atom is -0.376 e. The second-order valence-corrected chi connectivity index (χ2v) is 6.62. The molecule has 0 saturated heterocycles. The van der Waals surface area contributed by atoms with Crippen LogP contribution in [0, 0.1) is 5.82 Å². The molecule has 2 aromatic rings. The highest BCUT2D eigenvalue weighted by molar-refractivity contribution is 7.20. The lowest BCUT2D eigenvalue weighted by Crippen LogP contribution is -2.10. The first-order valence-corrected chi connectivity index (χ1v) is 7.33. The van der Waals surface area contributed by atoms with Gasteiger partial charge < -0.3 is 5.32 Å². The van der Waals surface area contributed by atoms with E-state index < -0.39 is 23.6 Å². The molecule has 0 aliphatic heterocycles. The van der Waals surface area contributed by atoms with Crippen molar-refractivity contribution < 1.29 is 17.6 Å². The number of halogens is 6. The van der Waals surface area contributed by atoms with E-state index in [2.05, 4.69) is 5.32 Å². The van der Waals surface area contributed by atoms with Crippen molar-refractivity contribution in [3.8, 4) is 0 Å². The molecule has 0 aliphatic carbocycles. The maximum absolute atomic E-state index is 13.7. The van der Waals surface area contributed by atoms with Gasteiger partial charge in [-0.2, -0.15) is 13.2 Å². The second-order valence-electron chi connectivity index (χ2n) is 4.34. The predicted molar refractivity (Wildman–Crippen MR) is 77.8 cm³/mol. The van der Waals surface area contributed by atoms with E-state index in [1.165, 1.54) is 0 Å². The number of thiophene rings is 1. The van der Waals surface area contributed by atoms with E-state index in [9.17, 15) is 17.6 Å². The molecular weight excluding hydrogens is 349 g/mol. The van der Waals surface area contributed by atoms with E-state index in [4.69, 9.17) is 23.2 Å². The Balaban J connectivity index is 2.28. The molecule has 0 fully saturated rings. The van der Waals surface area contributed by atoms with Crippen molar-refractivity contribution in [3.63, 3.8) is 0 Å². The Labute approximate surface area is 132 Å². The van der Waals surface area contributed by atoms with Crippen LogP contribution in [-0.4, -0.2) is 0 Å². The number of hydrogen-bond donors (Lipinski definition) is 1. The third-order valence-electron chi connectivity index (χ3n) is 2.82. The van der Waals surface area contributed by atoms with E-state index >= 15 is 0 Å². The Hall–Kier alpha value is -0.980. The Morgan fingerprint density at radius 3 is 2.38 bits per heavy atom. The van der Waals surface area contributed by atoms with Crippen LogP contribution in [0.15, 0.2) is 24.3 Å². The summed E-state index contributed by atoms with van der Waals surface area (Å²) in [5.41, 5.74) is -0.563. The van der Waals surface area contributed by atoms with Crippen LogP contribution in [0.1, 0.15) is 24.1 Å². The topological polar surface area (TPSA) is 12.0 Å². The molecular formula is C13H9Cl2F4NS. The highest BCUT2D eigenvalue weighted by Gasteiger charge is 2.31. The Kier molecular flexibility index (Phi) is 4.70. The average molecular weight is 358 g/mol. The molecule has 21 heavy (non-hydrogen) atoms. The first kappa shape index (κ1) is 16.4. The van der Waals surface area contributed by atoms with Gasteiger partial charge in [-0.3, -0.25) is 0 Å². The summed E-state index contributed by atoms with van der Waals surface area (Å²) in [4.78, 5) is 0. The van der Waals surface area contributed by atoms with Crippen molar-refractivity contribution in [2.24, 2.45) is 0 Å². The highest BCUT2D eigenvalue weighted by Crippen LogP contribution is 2.37. The summed E-state index contributed by atoms with van der Waals surface area (Å²) in [7, 11) is 0. The summed E-state index contributed by atoms with van der Waals surface area (Å²) in [5.74, 6) is -0.771. The maximum atomic E-state index is 13.7. The first-order valence-electron chi connectivity index (χ1n) is 5.76. The standard InChI is InChI=1S/C13H9Cl2F4NS/c1-6(8-5-11(14)21-12(8)15)20-10-4-7(13(17,18)19)2-3-9(10)16/h2-6,20H,1H3. The fraction of sp³-hybridized carbons (Fsp3) is 0.231. The highest BCUT2D eigenvalue weighted by atomic mass is 35.5. The van der Waals surface area contributed by atoms with Gasteiger partial charge in [-0.1, -0.05) is 23.2 Å². The van der Waals surface area contributed by atoms with E-state index in [0.717, 1.165) is 23.5 Å². The van der Waals surface area contributed by atoms with Gasteiger partial charge in [0.1, 0.15) is 5.82 Å². The monoisotopic (exact) mass is 357 g/mol. The van der Waals surface area contributed by atoms with E-state index in [1.54, 1.807) is 13.0 Å². The number of rotatable bonds is 3. The molecule has 1 nitrogen and oxygen atoms in total. The van der Waals surface area contributed by atoms with Crippen LogP contribution in [0.2, 0.25) is 8.67 Å². The van der Waals surface area contributed by atoms with Crippen LogP contribution in [0.3, 0.4) is 0 Å². The van der Waals surface area contributed by atoms with Gasteiger partial charge in [-0.25, -0.2) is 4.39 Å². The van der Waals surface area contributed by atoms with Gasteiger partial charge in [-0.15, -0.1) is 11.3 Å². The largest absolute Gasteiger partial charge is 0.416 e. The molecule has 0 aliphatic rings. The first-order chi connectivity index (χ1) is 9.68. The number of hydrogen-bond acceptors (Lipinski definition) is 2. The molecule has 0 amide bonds. The Morgan fingerprint density at radius 1 is 1.19 bits per heavy atom. The Bertz CT molecular complexity index is 654. The van der Waals surface area contributed by atoms with E-state index in [1.807, 2.05) is 0 Å². The van der Waals surface area contributed by atoms with Crippen LogP contribution < -0.4 is 5.32 Å². The second kappa shape index (κ2) is 6.02. The summed E-state index contributed by atoms with van der Waals surface area (Å²) < 4.78 is 52.4. The van der Waals surface area contributed by atoms with Gasteiger partial charge in [0.25, 0.3) is 0 Å². The van der Waals surface area contributed by atoms with Gasteiger partial charge in [0.05, 0.1) is 26.0 Å². The van der Waals surface area contributed by atoms with Crippen LogP contribution in [0.4, 0.5) is 23.2 Å². The smallest absolute Gasteiger partial charge is 0.376 e. The van der Waals surface area contributed by atoms with Gasteiger partial charge in [0.2, 0.25) is 0 Å². The maximum Gasteiger partial charge on any atom is 0.416 e. The summed E-state index contributed by atoms with van der Waals surface area (Å²) in [6.45, 7) is 1.66. The molecule has 2 rings (SSSR count). The fourth-order valence-electron chi connectivity index (χ4n) is 1.77. The van der Waals surface area contributed by atoms with Crippen molar-refractivity contribution in [2.45, 2.75) is 19.1 Å². The molecule has 8 heteroatoms. The number of alkyl halides is 3. The fourth-order valence-corrected chi connectivity index (χ4v) is 3.42. The summed E-state index contributed by atoms with van der Waals surface area (Å²) >= 11 is 12.9. The SMILES string of the molecule is CC(Nc1cc(C(F)(F)F)ccc1F)c1cc(Cl)sc1Cl. The predicted octanol–water partition coefficient (Wildman–Crippen LogP) is 6.39.